The number of benzene rings is 2. The zero-order valence-electron chi connectivity index (χ0n) is 15.0. The summed E-state index contributed by atoms with van der Waals surface area (Å²) in [7, 11) is 0. The number of hydrogen-bond donors (Lipinski definition) is 1. The number of amides is 1. The molecule has 4 rings (SSSR count). The molecule has 0 atom stereocenters. The van der Waals surface area contributed by atoms with Crippen molar-refractivity contribution in [3.05, 3.63) is 78.3 Å². The van der Waals surface area contributed by atoms with Crippen molar-refractivity contribution in [1.82, 2.24) is 25.1 Å². The van der Waals surface area contributed by atoms with Gasteiger partial charge in [0.15, 0.2) is 5.65 Å². The first kappa shape index (κ1) is 19.0. The molecule has 2 heterocycles. The molecule has 0 aliphatic rings. The molecule has 0 unspecified atom stereocenters. The quantitative estimate of drug-likeness (QED) is 0.388. The summed E-state index contributed by atoms with van der Waals surface area (Å²) in [4.78, 5) is 20.7. The molecule has 1 N–H and O–H groups in total. The summed E-state index contributed by atoms with van der Waals surface area (Å²) in [5.41, 5.74) is 2.06. The summed E-state index contributed by atoms with van der Waals surface area (Å²) in [6.07, 6.45) is 3.03. The van der Waals surface area contributed by atoms with E-state index in [9.17, 15) is 13.6 Å². The number of nitrogens with one attached hydrogen (secondary N) is 1. The Kier molecular flexibility index (Phi) is 5.48. The molecule has 0 radical (unpaired) electrons. The first-order valence-corrected chi connectivity index (χ1v) is 9.67. The van der Waals surface area contributed by atoms with E-state index in [2.05, 4.69) is 20.4 Å². The minimum atomic E-state index is -0.331. The van der Waals surface area contributed by atoms with Crippen molar-refractivity contribution >= 4 is 28.7 Å². The Labute approximate surface area is 169 Å². The number of carbonyl (C=O) groups is 1. The van der Waals surface area contributed by atoms with Crippen LogP contribution in [0.25, 0.3) is 16.7 Å². The molecule has 1 amide bonds. The van der Waals surface area contributed by atoms with Gasteiger partial charge in [-0.15, -0.1) is 0 Å². The summed E-state index contributed by atoms with van der Waals surface area (Å²) in [5.74, 6) is -0.654. The number of fused-ring (bicyclic) bond motifs is 1. The number of carbonyl (C=O) groups excluding carboxylic acids is 1. The molecule has 0 saturated carbocycles. The monoisotopic (exact) mass is 411 g/mol. The SMILES string of the molecule is O=C(CSc1ncnc2c1cnn2-c1ccc(F)cc1)NCc1ccc(F)cc1. The Bertz CT molecular complexity index is 1150. The van der Waals surface area contributed by atoms with Crippen molar-refractivity contribution in [2.75, 3.05) is 5.75 Å². The van der Waals surface area contributed by atoms with E-state index in [1.54, 1.807) is 35.1 Å². The molecular weight excluding hydrogens is 396 g/mol. The molecule has 0 fully saturated rings. The average Bonchev–Trinajstić information content (AvgIpc) is 3.17. The Hall–Kier alpha value is -3.33. The van der Waals surface area contributed by atoms with Gasteiger partial charge in [-0.3, -0.25) is 4.79 Å². The van der Waals surface area contributed by atoms with Crippen molar-refractivity contribution < 1.29 is 13.6 Å². The van der Waals surface area contributed by atoms with Crippen molar-refractivity contribution in [2.24, 2.45) is 0 Å². The summed E-state index contributed by atoms with van der Waals surface area (Å²) < 4.78 is 27.7. The van der Waals surface area contributed by atoms with Crippen LogP contribution in [0.3, 0.4) is 0 Å². The fourth-order valence-corrected chi connectivity index (χ4v) is 3.49. The van der Waals surface area contributed by atoms with E-state index in [1.807, 2.05) is 0 Å². The second-order valence-electron chi connectivity index (χ2n) is 6.14. The largest absolute Gasteiger partial charge is 0.351 e. The molecule has 4 aromatic rings. The number of aromatic nitrogens is 4. The third kappa shape index (κ3) is 4.40. The third-order valence-corrected chi connectivity index (χ3v) is 5.15. The summed E-state index contributed by atoms with van der Waals surface area (Å²) in [6.45, 7) is 0.321. The van der Waals surface area contributed by atoms with Crippen LogP contribution in [-0.4, -0.2) is 31.4 Å². The lowest BCUT2D eigenvalue weighted by Crippen LogP contribution is -2.24. The van der Waals surface area contributed by atoms with Crippen molar-refractivity contribution in [1.29, 1.82) is 0 Å². The minimum absolute atomic E-state index is 0.162. The normalized spacial score (nSPS) is 11.0. The van der Waals surface area contributed by atoms with Crippen molar-refractivity contribution in [2.45, 2.75) is 11.6 Å². The zero-order chi connectivity index (χ0) is 20.2. The molecule has 0 aliphatic heterocycles. The number of hydrogen-bond acceptors (Lipinski definition) is 5. The summed E-state index contributed by atoms with van der Waals surface area (Å²) >= 11 is 1.27. The van der Waals surface area contributed by atoms with E-state index < -0.39 is 0 Å². The average molecular weight is 411 g/mol. The van der Waals surface area contributed by atoms with Crippen LogP contribution in [0.5, 0.6) is 0 Å². The first-order chi connectivity index (χ1) is 14.1. The first-order valence-electron chi connectivity index (χ1n) is 8.69. The van der Waals surface area contributed by atoms with Gasteiger partial charge in [0.05, 0.1) is 23.0 Å². The van der Waals surface area contributed by atoms with Crippen molar-refractivity contribution in [3.8, 4) is 5.69 Å². The Balaban J connectivity index is 1.43. The molecular formula is C20H15F2N5OS. The molecule has 146 valence electrons. The van der Waals surface area contributed by atoms with Crippen LogP contribution in [0.1, 0.15) is 5.56 Å². The van der Waals surface area contributed by atoms with E-state index in [0.717, 1.165) is 5.56 Å². The highest BCUT2D eigenvalue weighted by atomic mass is 32.2. The lowest BCUT2D eigenvalue weighted by molar-refractivity contribution is -0.118. The molecule has 0 saturated heterocycles. The van der Waals surface area contributed by atoms with Crippen LogP contribution >= 0.6 is 11.8 Å². The van der Waals surface area contributed by atoms with Crippen LogP contribution in [0, 0.1) is 11.6 Å². The molecule has 0 spiro atoms. The maximum Gasteiger partial charge on any atom is 0.230 e. The molecule has 9 heteroatoms. The molecule has 29 heavy (non-hydrogen) atoms. The van der Waals surface area contributed by atoms with Crippen LogP contribution in [0.4, 0.5) is 8.78 Å². The fourth-order valence-electron chi connectivity index (χ4n) is 2.70. The van der Waals surface area contributed by atoms with Gasteiger partial charge in [0.25, 0.3) is 0 Å². The highest BCUT2D eigenvalue weighted by Gasteiger charge is 2.13. The third-order valence-electron chi connectivity index (χ3n) is 4.14. The second kappa shape index (κ2) is 8.36. The Morgan fingerprint density at radius 2 is 1.69 bits per heavy atom. The van der Waals surface area contributed by atoms with E-state index in [4.69, 9.17) is 0 Å². The second-order valence-corrected chi connectivity index (χ2v) is 7.10. The van der Waals surface area contributed by atoms with E-state index in [-0.39, 0.29) is 23.3 Å². The van der Waals surface area contributed by atoms with Gasteiger partial charge in [-0.05, 0) is 42.0 Å². The highest BCUT2D eigenvalue weighted by Crippen LogP contribution is 2.25. The smallest absolute Gasteiger partial charge is 0.230 e. The van der Waals surface area contributed by atoms with Gasteiger partial charge < -0.3 is 5.32 Å². The van der Waals surface area contributed by atoms with E-state index in [0.29, 0.717) is 28.3 Å². The van der Waals surface area contributed by atoms with Crippen LogP contribution < -0.4 is 5.32 Å². The van der Waals surface area contributed by atoms with E-state index in [1.165, 1.54) is 42.4 Å². The van der Waals surface area contributed by atoms with Gasteiger partial charge in [-0.1, -0.05) is 23.9 Å². The number of halogens is 2. The molecule has 6 nitrogen and oxygen atoms in total. The molecule has 0 aliphatic carbocycles. The van der Waals surface area contributed by atoms with Gasteiger partial charge in [-0.2, -0.15) is 5.10 Å². The van der Waals surface area contributed by atoms with Crippen LogP contribution in [0.15, 0.2) is 66.1 Å². The summed E-state index contributed by atoms with van der Waals surface area (Å²) in [5, 5.41) is 8.43. The Morgan fingerprint density at radius 1 is 1.00 bits per heavy atom. The number of rotatable bonds is 6. The minimum Gasteiger partial charge on any atom is -0.351 e. The van der Waals surface area contributed by atoms with Gasteiger partial charge in [-0.25, -0.2) is 23.4 Å². The Morgan fingerprint density at radius 3 is 2.41 bits per heavy atom. The van der Waals surface area contributed by atoms with Gasteiger partial charge in [0, 0.05) is 6.54 Å². The van der Waals surface area contributed by atoms with Crippen LogP contribution in [0.2, 0.25) is 0 Å². The van der Waals surface area contributed by atoms with Crippen LogP contribution in [-0.2, 0) is 11.3 Å². The van der Waals surface area contributed by atoms with Gasteiger partial charge in [0.1, 0.15) is 23.0 Å². The predicted molar refractivity (Wildman–Crippen MR) is 106 cm³/mol. The molecule has 2 aromatic carbocycles. The molecule has 2 aromatic heterocycles. The van der Waals surface area contributed by atoms with E-state index >= 15 is 0 Å². The molecule has 0 bridgehead atoms. The summed E-state index contributed by atoms with van der Waals surface area (Å²) in [6, 6.07) is 11.9. The topological polar surface area (TPSA) is 72.7 Å². The standard InChI is InChI=1S/C20H15F2N5OS/c21-14-3-1-13(2-4-14)9-23-18(28)11-29-20-17-10-26-27(19(17)24-12-25-20)16-7-5-15(22)6-8-16/h1-8,10,12H,9,11H2,(H,23,28). The van der Waals surface area contributed by atoms with Gasteiger partial charge >= 0.3 is 0 Å². The van der Waals surface area contributed by atoms with Crippen molar-refractivity contribution in [3.63, 3.8) is 0 Å². The number of thioether (sulfide) groups is 1. The maximum absolute atomic E-state index is 13.2. The number of nitrogens with zero attached hydrogens (tertiary/aromatic N) is 4. The zero-order valence-corrected chi connectivity index (χ0v) is 15.9. The lowest BCUT2D eigenvalue weighted by Gasteiger charge is -2.06. The van der Waals surface area contributed by atoms with Gasteiger partial charge in [0.2, 0.25) is 5.91 Å². The fraction of sp³-hybridized carbons (Fsp3) is 0.100. The lowest BCUT2D eigenvalue weighted by atomic mass is 10.2. The maximum atomic E-state index is 13.2. The highest BCUT2D eigenvalue weighted by molar-refractivity contribution is 8.00. The predicted octanol–water partition coefficient (Wildman–Crippen LogP) is 3.50.